The normalized spacial score (nSPS) is 10.4. The summed E-state index contributed by atoms with van der Waals surface area (Å²) in [5.74, 6) is 0.785. The minimum Gasteiger partial charge on any atom is -0.460 e. The topological polar surface area (TPSA) is 36.9 Å². The second kappa shape index (κ2) is 3.19. The average Bonchev–Trinajstić information content (AvgIpc) is 2.46. The molecule has 0 bridgehead atoms. The predicted octanol–water partition coefficient (Wildman–Crippen LogP) is 3.12. The summed E-state index contributed by atoms with van der Waals surface area (Å²) in [6, 6.07) is 8.17. The van der Waals surface area contributed by atoms with Gasteiger partial charge in [-0.3, -0.25) is 0 Å². The molecule has 1 aromatic heterocycles. The van der Waals surface area contributed by atoms with Gasteiger partial charge in [0.2, 0.25) is 0 Å². The maximum atomic E-state index is 8.61. The van der Waals surface area contributed by atoms with E-state index in [2.05, 4.69) is 19.1 Å². The number of aryl methyl sites for hydroxylation is 2. The smallest absolute Gasteiger partial charge is 0.134 e. The SMILES string of the molecule is Cc1ccc2oc(CC#N)c(C)c2c1. The minimum atomic E-state index is 0.347. The van der Waals surface area contributed by atoms with Crippen molar-refractivity contribution in [3.05, 3.63) is 35.1 Å². The molecule has 0 fully saturated rings. The Bertz CT molecular complexity index is 517. The van der Waals surface area contributed by atoms with E-state index in [9.17, 15) is 0 Å². The van der Waals surface area contributed by atoms with Gasteiger partial charge in [-0.05, 0) is 31.5 Å². The third-order valence-electron chi connectivity index (χ3n) is 2.43. The zero-order valence-corrected chi connectivity index (χ0v) is 8.29. The number of hydrogen-bond donors (Lipinski definition) is 0. The van der Waals surface area contributed by atoms with Crippen molar-refractivity contribution in [2.45, 2.75) is 20.3 Å². The lowest BCUT2D eigenvalue weighted by atomic mass is 10.1. The standard InChI is InChI=1S/C12H11NO/c1-8-3-4-12-10(7-8)9(2)11(14-12)5-6-13/h3-4,7H,5H2,1-2H3. The van der Waals surface area contributed by atoms with Crippen LogP contribution in [0.25, 0.3) is 11.0 Å². The van der Waals surface area contributed by atoms with Crippen LogP contribution in [0.3, 0.4) is 0 Å². The molecule has 0 unspecified atom stereocenters. The Morgan fingerprint density at radius 1 is 1.36 bits per heavy atom. The van der Waals surface area contributed by atoms with Gasteiger partial charge in [-0.15, -0.1) is 0 Å². The largest absolute Gasteiger partial charge is 0.460 e. The van der Waals surface area contributed by atoms with E-state index in [1.807, 2.05) is 19.1 Å². The molecule has 1 heterocycles. The van der Waals surface area contributed by atoms with Crippen LogP contribution < -0.4 is 0 Å². The lowest BCUT2D eigenvalue weighted by Crippen LogP contribution is -1.79. The number of rotatable bonds is 1. The molecule has 0 saturated heterocycles. The molecule has 2 heteroatoms. The fraction of sp³-hybridized carbons (Fsp3) is 0.250. The van der Waals surface area contributed by atoms with Crippen LogP contribution >= 0.6 is 0 Å². The maximum absolute atomic E-state index is 8.61. The summed E-state index contributed by atoms with van der Waals surface area (Å²) < 4.78 is 5.57. The van der Waals surface area contributed by atoms with Gasteiger partial charge in [-0.25, -0.2) is 0 Å². The molecule has 2 rings (SSSR count). The van der Waals surface area contributed by atoms with Gasteiger partial charge < -0.3 is 4.42 Å². The Morgan fingerprint density at radius 2 is 2.14 bits per heavy atom. The van der Waals surface area contributed by atoms with Gasteiger partial charge in [0.15, 0.2) is 0 Å². The van der Waals surface area contributed by atoms with Crippen LogP contribution in [0.5, 0.6) is 0 Å². The zero-order chi connectivity index (χ0) is 10.1. The highest BCUT2D eigenvalue weighted by Gasteiger charge is 2.09. The summed E-state index contributed by atoms with van der Waals surface area (Å²) in [6.45, 7) is 4.05. The molecule has 0 atom stereocenters. The molecule has 0 N–H and O–H groups in total. The van der Waals surface area contributed by atoms with E-state index in [1.165, 1.54) is 5.56 Å². The van der Waals surface area contributed by atoms with Crippen LogP contribution in [0.2, 0.25) is 0 Å². The number of nitrogens with zero attached hydrogens (tertiary/aromatic N) is 1. The Balaban J connectivity index is 2.69. The van der Waals surface area contributed by atoms with Gasteiger partial charge in [0.1, 0.15) is 11.3 Å². The van der Waals surface area contributed by atoms with Gasteiger partial charge in [0.25, 0.3) is 0 Å². The van der Waals surface area contributed by atoms with E-state index < -0.39 is 0 Å². The van der Waals surface area contributed by atoms with Crippen molar-refractivity contribution in [2.24, 2.45) is 0 Å². The van der Waals surface area contributed by atoms with Crippen LogP contribution in [0.4, 0.5) is 0 Å². The van der Waals surface area contributed by atoms with Crippen LogP contribution in [0.15, 0.2) is 22.6 Å². The van der Waals surface area contributed by atoms with E-state index in [1.54, 1.807) is 0 Å². The van der Waals surface area contributed by atoms with Crippen molar-refractivity contribution in [3.63, 3.8) is 0 Å². The highest BCUT2D eigenvalue weighted by molar-refractivity contribution is 5.82. The van der Waals surface area contributed by atoms with Crippen molar-refractivity contribution in [1.29, 1.82) is 5.26 Å². The molecule has 0 aliphatic rings. The Kier molecular flexibility index (Phi) is 2.01. The molecule has 2 nitrogen and oxygen atoms in total. The Labute approximate surface area is 82.8 Å². The van der Waals surface area contributed by atoms with E-state index in [-0.39, 0.29) is 0 Å². The first-order valence-electron chi connectivity index (χ1n) is 4.58. The minimum absolute atomic E-state index is 0.347. The number of hydrogen-bond acceptors (Lipinski definition) is 2. The molecule has 0 saturated carbocycles. The van der Waals surface area contributed by atoms with Crippen LogP contribution in [0, 0.1) is 25.2 Å². The third-order valence-corrected chi connectivity index (χ3v) is 2.43. The lowest BCUT2D eigenvalue weighted by molar-refractivity contribution is 0.563. The molecule has 1 aromatic carbocycles. The van der Waals surface area contributed by atoms with Crippen molar-refractivity contribution in [1.82, 2.24) is 0 Å². The van der Waals surface area contributed by atoms with Crippen LogP contribution in [-0.2, 0) is 6.42 Å². The fourth-order valence-electron chi connectivity index (χ4n) is 1.63. The van der Waals surface area contributed by atoms with E-state index in [4.69, 9.17) is 9.68 Å². The quantitative estimate of drug-likeness (QED) is 0.684. The second-order valence-corrected chi connectivity index (χ2v) is 3.48. The molecule has 70 valence electrons. The number of fused-ring (bicyclic) bond motifs is 1. The summed E-state index contributed by atoms with van der Waals surface area (Å²) in [7, 11) is 0. The lowest BCUT2D eigenvalue weighted by Gasteiger charge is -1.91. The van der Waals surface area contributed by atoms with Crippen molar-refractivity contribution in [2.75, 3.05) is 0 Å². The van der Waals surface area contributed by atoms with Crippen molar-refractivity contribution >= 4 is 11.0 Å². The third kappa shape index (κ3) is 1.27. The molecule has 0 radical (unpaired) electrons. The first-order chi connectivity index (χ1) is 6.72. The number of benzene rings is 1. The first-order valence-corrected chi connectivity index (χ1v) is 4.58. The molecule has 0 spiro atoms. The summed E-state index contributed by atoms with van der Waals surface area (Å²) in [5, 5.41) is 9.73. The molecule has 2 aromatic rings. The summed E-state index contributed by atoms with van der Waals surface area (Å²) in [5.41, 5.74) is 3.17. The molecule has 0 amide bonds. The zero-order valence-electron chi connectivity index (χ0n) is 8.29. The van der Waals surface area contributed by atoms with Gasteiger partial charge in [-0.2, -0.15) is 5.26 Å². The van der Waals surface area contributed by atoms with Crippen LogP contribution in [-0.4, -0.2) is 0 Å². The predicted molar refractivity (Wildman–Crippen MR) is 55.0 cm³/mol. The second-order valence-electron chi connectivity index (χ2n) is 3.48. The van der Waals surface area contributed by atoms with E-state index in [0.717, 1.165) is 22.3 Å². The number of furan rings is 1. The maximum Gasteiger partial charge on any atom is 0.134 e. The summed E-state index contributed by atoms with van der Waals surface area (Å²) in [6.07, 6.45) is 0.347. The highest BCUT2D eigenvalue weighted by Crippen LogP contribution is 2.26. The van der Waals surface area contributed by atoms with Crippen molar-refractivity contribution < 1.29 is 4.42 Å². The van der Waals surface area contributed by atoms with Crippen LogP contribution in [0.1, 0.15) is 16.9 Å². The Hall–Kier alpha value is -1.75. The molecule has 0 aliphatic carbocycles. The molecule has 14 heavy (non-hydrogen) atoms. The number of nitriles is 1. The average molecular weight is 185 g/mol. The van der Waals surface area contributed by atoms with Crippen molar-refractivity contribution in [3.8, 4) is 6.07 Å². The molecular formula is C12H11NO. The monoisotopic (exact) mass is 185 g/mol. The Morgan fingerprint density at radius 3 is 2.86 bits per heavy atom. The van der Waals surface area contributed by atoms with Gasteiger partial charge >= 0.3 is 0 Å². The molecular weight excluding hydrogens is 174 g/mol. The molecule has 0 aliphatic heterocycles. The summed E-state index contributed by atoms with van der Waals surface area (Å²) >= 11 is 0. The van der Waals surface area contributed by atoms with Gasteiger partial charge in [-0.1, -0.05) is 11.6 Å². The fourth-order valence-corrected chi connectivity index (χ4v) is 1.63. The van der Waals surface area contributed by atoms with E-state index >= 15 is 0 Å². The van der Waals surface area contributed by atoms with Gasteiger partial charge in [0, 0.05) is 5.39 Å². The summed E-state index contributed by atoms with van der Waals surface area (Å²) in [4.78, 5) is 0. The van der Waals surface area contributed by atoms with E-state index in [0.29, 0.717) is 6.42 Å². The first kappa shape index (κ1) is 8.83. The highest BCUT2D eigenvalue weighted by atomic mass is 16.3. The van der Waals surface area contributed by atoms with Gasteiger partial charge in [0.05, 0.1) is 12.5 Å².